The topological polar surface area (TPSA) is 49.9 Å². The van der Waals surface area contributed by atoms with E-state index in [0.717, 1.165) is 49.2 Å². The van der Waals surface area contributed by atoms with Gasteiger partial charge in [-0.3, -0.25) is 9.59 Å². The van der Waals surface area contributed by atoms with Crippen molar-refractivity contribution in [1.82, 2.24) is 4.90 Å². The third-order valence-corrected chi connectivity index (χ3v) is 5.92. The van der Waals surface area contributed by atoms with Gasteiger partial charge in [0.25, 0.3) is 11.8 Å². The number of likely N-dealkylation sites (tertiary alicyclic amines) is 1. The number of ether oxygens (including phenoxy) is 1. The minimum absolute atomic E-state index is 0.289. The van der Waals surface area contributed by atoms with Gasteiger partial charge in [-0.1, -0.05) is 36.7 Å². The Morgan fingerprint density at radius 1 is 1.00 bits per heavy atom. The first-order valence-electron chi connectivity index (χ1n) is 10.4. The first kappa shape index (κ1) is 20.5. The normalized spacial score (nSPS) is 16.8. The minimum Gasteiger partial charge on any atom is -0.494 e. The second kappa shape index (κ2) is 8.52. The fraction of sp³-hybridized carbons (Fsp3) is 0.333. The van der Waals surface area contributed by atoms with Gasteiger partial charge in [0.05, 0.1) is 17.9 Å². The molecule has 0 N–H and O–H groups in total. The molecule has 0 radical (unpaired) electrons. The van der Waals surface area contributed by atoms with E-state index in [2.05, 4.69) is 6.92 Å². The SMILES string of the molecule is CCCOc1ccc(C2=C(N3CCCC3)C(=O)N(c3ccc(C)c(Cl)c3)C2=O)cc1. The predicted molar refractivity (Wildman–Crippen MR) is 119 cm³/mol. The van der Waals surface area contributed by atoms with Gasteiger partial charge in [0, 0.05) is 18.1 Å². The molecule has 0 aliphatic carbocycles. The van der Waals surface area contributed by atoms with Crippen molar-refractivity contribution < 1.29 is 14.3 Å². The van der Waals surface area contributed by atoms with Gasteiger partial charge < -0.3 is 9.64 Å². The lowest BCUT2D eigenvalue weighted by molar-refractivity contribution is -0.120. The molecular weight excluding hydrogens is 400 g/mol. The van der Waals surface area contributed by atoms with Gasteiger partial charge in [0.2, 0.25) is 0 Å². The number of carbonyl (C=O) groups is 2. The Kier molecular flexibility index (Phi) is 5.82. The molecule has 2 aromatic carbocycles. The Morgan fingerprint density at radius 3 is 2.33 bits per heavy atom. The van der Waals surface area contributed by atoms with Crippen LogP contribution in [0.15, 0.2) is 48.2 Å². The number of anilines is 1. The molecule has 2 aromatic rings. The molecular formula is C24H25ClN2O3. The van der Waals surface area contributed by atoms with Crippen molar-refractivity contribution in [3.05, 3.63) is 64.3 Å². The maximum atomic E-state index is 13.5. The number of hydrogen-bond donors (Lipinski definition) is 0. The maximum Gasteiger partial charge on any atom is 0.282 e. The van der Waals surface area contributed by atoms with Crippen LogP contribution >= 0.6 is 11.6 Å². The van der Waals surface area contributed by atoms with Gasteiger partial charge in [0.15, 0.2) is 0 Å². The van der Waals surface area contributed by atoms with Gasteiger partial charge in [-0.05, 0) is 61.6 Å². The first-order valence-corrected chi connectivity index (χ1v) is 10.8. The molecule has 4 rings (SSSR count). The zero-order valence-corrected chi connectivity index (χ0v) is 18.0. The molecule has 0 aromatic heterocycles. The van der Waals surface area contributed by atoms with E-state index in [9.17, 15) is 9.59 Å². The van der Waals surface area contributed by atoms with Crippen molar-refractivity contribution in [2.75, 3.05) is 24.6 Å². The van der Waals surface area contributed by atoms with Crippen LogP contribution in [-0.4, -0.2) is 36.4 Å². The highest BCUT2D eigenvalue weighted by molar-refractivity contribution is 6.45. The van der Waals surface area contributed by atoms with Crippen LogP contribution in [0.3, 0.4) is 0 Å². The molecule has 2 heterocycles. The number of aryl methyl sites for hydroxylation is 1. The standard InChI is InChI=1S/C24H25ClN2O3/c1-3-14-30-19-10-7-17(8-11-19)21-22(26-12-4-5-13-26)24(29)27(23(21)28)18-9-6-16(2)20(25)15-18/h6-11,15H,3-5,12-14H2,1-2H3. The van der Waals surface area contributed by atoms with Crippen LogP contribution in [-0.2, 0) is 9.59 Å². The van der Waals surface area contributed by atoms with Gasteiger partial charge >= 0.3 is 0 Å². The average molecular weight is 425 g/mol. The van der Waals surface area contributed by atoms with Crippen LogP contribution in [0.25, 0.3) is 5.57 Å². The quantitative estimate of drug-likeness (QED) is 0.624. The number of carbonyl (C=O) groups excluding carboxylic acids is 2. The number of rotatable bonds is 6. The molecule has 2 aliphatic rings. The Balaban J connectivity index is 1.75. The highest BCUT2D eigenvalue weighted by atomic mass is 35.5. The van der Waals surface area contributed by atoms with E-state index in [1.165, 1.54) is 4.90 Å². The molecule has 1 saturated heterocycles. The van der Waals surface area contributed by atoms with Crippen LogP contribution in [0, 0.1) is 6.92 Å². The van der Waals surface area contributed by atoms with Crippen LogP contribution in [0.2, 0.25) is 5.02 Å². The summed E-state index contributed by atoms with van der Waals surface area (Å²) >= 11 is 6.28. The third kappa shape index (κ3) is 3.70. The van der Waals surface area contributed by atoms with E-state index < -0.39 is 0 Å². The number of amides is 2. The van der Waals surface area contributed by atoms with Crippen molar-refractivity contribution >= 4 is 34.7 Å². The Morgan fingerprint density at radius 2 is 1.70 bits per heavy atom. The summed E-state index contributed by atoms with van der Waals surface area (Å²) in [5, 5.41) is 0.529. The summed E-state index contributed by atoms with van der Waals surface area (Å²) in [5.41, 5.74) is 3.04. The summed E-state index contributed by atoms with van der Waals surface area (Å²) in [4.78, 5) is 30.2. The summed E-state index contributed by atoms with van der Waals surface area (Å²) in [6.45, 7) is 6.13. The highest BCUT2D eigenvalue weighted by Crippen LogP contribution is 2.37. The van der Waals surface area contributed by atoms with Crippen molar-refractivity contribution in [3.8, 4) is 5.75 Å². The van der Waals surface area contributed by atoms with Gasteiger partial charge in [-0.15, -0.1) is 0 Å². The number of benzene rings is 2. The molecule has 5 nitrogen and oxygen atoms in total. The minimum atomic E-state index is -0.316. The zero-order chi connectivity index (χ0) is 21.3. The summed E-state index contributed by atoms with van der Waals surface area (Å²) in [7, 11) is 0. The predicted octanol–water partition coefficient (Wildman–Crippen LogP) is 4.82. The van der Waals surface area contributed by atoms with Crippen LogP contribution < -0.4 is 9.64 Å². The summed E-state index contributed by atoms with van der Waals surface area (Å²) in [5.74, 6) is 0.148. The van der Waals surface area contributed by atoms with E-state index in [0.29, 0.717) is 28.6 Å². The fourth-order valence-electron chi connectivity index (χ4n) is 3.91. The van der Waals surface area contributed by atoms with E-state index in [1.807, 2.05) is 42.2 Å². The largest absolute Gasteiger partial charge is 0.494 e. The monoisotopic (exact) mass is 424 g/mol. The van der Waals surface area contributed by atoms with Gasteiger partial charge in [-0.2, -0.15) is 0 Å². The second-order valence-electron chi connectivity index (χ2n) is 7.67. The average Bonchev–Trinajstić information content (AvgIpc) is 3.35. The lowest BCUT2D eigenvalue weighted by atomic mass is 10.0. The molecule has 0 saturated carbocycles. The van der Waals surface area contributed by atoms with Gasteiger partial charge in [0.1, 0.15) is 11.4 Å². The third-order valence-electron chi connectivity index (χ3n) is 5.51. The summed E-state index contributed by atoms with van der Waals surface area (Å²) in [6, 6.07) is 12.7. The molecule has 0 spiro atoms. The van der Waals surface area contributed by atoms with Crippen molar-refractivity contribution in [2.45, 2.75) is 33.1 Å². The summed E-state index contributed by atoms with van der Waals surface area (Å²) in [6.07, 6.45) is 2.95. The van der Waals surface area contributed by atoms with E-state index in [4.69, 9.17) is 16.3 Å². The van der Waals surface area contributed by atoms with Crippen molar-refractivity contribution in [3.63, 3.8) is 0 Å². The number of hydrogen-bond acceptors (Lipinski definition) is 4. The Labute approximate surface area is 181 Å². The molecule has 156 valence electrons. The Hall–Kier alpha value is -2.79. The number of halogens is 1. The Bertz CT molecular complexity index is 1010. The van der Waals surface area contributed by atoms with Crippen molar-refractivity contribution in [1.29, 1.82) is 0 Å². The van der Waals surface area contributed by atoms with Crippen LogP contribution in [0.5, 0.6) is 5.75 Å². The van der Waals surface area contributed by atoms with E-state index in [1.54, 1.807) is 12.1 Å². The summed E-state index contributed by atoms with van der Waals surface area (Å²) < 4.78 is 5.66. The van der Waals surface area contributed by atoms with Gasteiger partial charge in [-0.25, -0.2) is 4.90 Å². The lowest BCUT2D eigenvalue weighted by Gasteiger charge is -2.20. The maximum absolute atomic E-state index is 13.5. The zero-order valence-electron chi connectivity index (χ0n) is 17.3. The molecule has 0 atom stereocenters. The second-order valence-corrected chi connectivity index (χ2v) is 8.08. The number of nitrogens with zero attached hydrogens (tertiary/aromatic N) is 2. The lowest BCUT2D eigenvalue weighted by Crippen LogP contribution is -2.34. The van der Waals surface area contributed by atoms with Crippen LogP contribution in [0.1, 0.15) is 37.3 Å². The fourth-order valence-corrected chi connectivity index (χ4v) is 4.08. The number of imide groups is 1. The molecule has 2 aliphatic heterocycles. The van der Waals surface area contributed by atoms with E-state index >= 15 is 0 Å². The van der Waals surface area contributed by atoms with Crippen molar-refractivity contribution in [2.24, 2.45) is 0 Å². The highest BCUT2D eigenvalue weighted by Gasteiger charge is 2.43. The molecule has 0 bridgehead atoms. The smallest absolute Gasteiger partial charge is 0.282 e. The molecule has 6 heteroatoms. The van der Waals surface area contributed by atoms with E-state index in [-0.39, 0.29) is 11.8 Å². The molecule has 2 amide bonds. The molecule has 30 heavy (non-hydrogen) atoms. The molecule has 1 fully saturated rings. The first-order chi connectivity index (χ1) is 14.5. The molecule has 0 unspecified atom stereocenters. The van der Waals surface area contributed by atoms with Crippen LogP contribution in [0.4, 0.5) is 5.69 Å².